The third kappa shape index (κ3) is 5.34. The quantitative estimate of drug-likeness (QED) is 0.895. The van der Waals surface area contributed by atoms with Crippen molar-refractivity contribution in [2.24, 2.45) is 0 Å². The van der Waals surface area contributed by atoms with Crippen molar-refractivity contribution in [3.05, 3.63) is 35.4 Å². The molecule has 0 fully saturated rings. The van der Waals surface area contributed by atoms with Crippen LogP contribution in [0.15, 0.2) is 24.3 Å². The largest absolute Gasteiger partial charge is 0.350 e. The van der Waals surface area contributed by atoms with Crippen LogP contribution in [-0.2, 0) is 22.6 Å². The summed E-state index contributed by atoms with van der Waals surface area (Å²) in [6.45, 7) is 10.5. The van der Waals surface area contributed by atoms with Crippen LogP contribution in [0.3, 0.4) is 0 Å². The number of rotatable bonds is 5. The number of amides is 2. The van der Waals surface area contributed by atoms with Crippen molar-refractivity contribution in [3.8, 4) is 0 Å². The molecule has 1 aliphatic heterocycles. The summed E-state index contributed by atoms with van der Waals surface area (Å²) in [6.07, 6.45) is 0.901. The van der Waals surface area contributed by atoms with Crippen molar-refractivity contribution < 1.29 is 9.59 Å². The number of nitrogens with one attached hydrogen (secondary N) is 1. The summed E-state index contributed by atoms with van der Waals surface area (Å²) in [6, 6.07) is 8.28. The first-order valence-electron chi connectivity index (χ1n) is 8.66. The zero-order valence-corrected chi connectivity index (χ0v) is 15.3. The van der Waals surface area contributed by atoms with E-state index in [1.165, 1.54) is 11.1 Å². The number of likely N-dealkylation sites (N-methyl/N-ethyl adjacent to an activating group) is 1. The van der Waals surface area contributed by atoms with Crippen molar-refractivity contribution in [3.63, 3.8) is 0 Å². The molecule has 24 heavy (non-hydrogen) atoms. The third-order valence-corrected chi connectivity index (χ3v) is 4.17. The predicted octanol–water partition coefficient (Wildman–Crippen LogP) is 1.81. The molecule has 0 radical (unpaired) electrons. The molecule has 0 saturated carbocycles. The number of carbonyl (C=O) groups is 2. The summed E-state index contributed by atoms with van der Waals surface area (Å²) in [5.74, 6) is 0.0519. The van der Waals surface area contributed by atoms with Gasteiger partial charge in [-0.25, -0.2) is 0 Å². The van der Waals surface area contributed by atoms with Gasteiger partial charge in [-0.2, -0.15) is 0 Å². The Morgan fingerprint density at radius 3 is 2.46 bits per heavy atom. The van der Waals surface area contributed by atoms with E-state index in [4.69, 9.17) is 0 Å². The fourth-order valence-electron chi connectivity index (χ4n) is 2.94. The molecule has 0 aliphatic carbocycles. The van der Waals surface area contributed by atoms with E-state index in [0.29, 0.717) is 13.1 Å². The first kappa shape index (κ1) is 18.5. The maximum absolute atomic E-state index is 12.6. The summed E-state index contributed by atoms with van der Waals surface area (Å²) < 4.78 is 0. The summed E-state index contributed by atoms with van der Waals surface area (Å²) in [4.78, 5) is 28.5. The van der Waals surface area contributed by atoms with Gasteiger partial charge in [0, 0.05) is 18.6 Å². The molecule has 1 aromatic rings. The van der Waals surface area contributed by atoms with Crippen LogP contribution in [-0.4, -0.2) is 53.3 Å². The number of hydrogen-bond donors (Lipinski definition) is 1. The van der Waals surface area contributed by atoms with Gasteiger partial charge in [0.25, 0.3) is 0 Å². The van der Waals surface area contributed by atoms with E-state index in [1.807, 2.05) is 49.6 Å². The minimum Gasteiger partial charge on any atom is -0.350 e. The Hall–Kier alpha value is -1.88. The van der Waals surface area contributed by atoms with Gasteiger partial charge in [-0.05, 0) is 44.9 Å². The van der Waals surface area contributed by atoms with Crippen LogP contribution >= 0.6 is 0 Å². The van der Waals surface area contributed by atoms with Crippen molar-refractivity contribution >= 4 is 11.8 Å². The second-order valence-corrected chi connectivity index (χ2v) is 7.44. The van der Waals surface area contributed by atoms with Crippen LogP contribution < -0.4 is 5.32 Å². The van der Waals surface area contributed by atoms with Gasteiger partial charge < -0.3 is 10.2 Å². The monoisotopic (exact) mass is 331 g/mol. The van der Waals surface area contributed by atoms with Gasteiger partial charge in [0.1, 0.15) is 0 Å². The maximum Gasteiger partial charge on any atom is 0.237 e. The van der Waals surface area contributed by atoms with Crippen molar-refractivity contribution in [2.75, 3.05) is 26.2 Å². The molecule has 0 saturated heterocycles. The van der Waals surface area contributed by atoms with Gasteiger partial charge in [0.05, 0.1) is 13.1 Å². The summed E-state index contributed by atoms with van der Waals surface area (Å²) in [5.41, 5.74) is 2.31. The average Bonchev–Trinajstić information content (AvgIpc) is 2.51. The van der Waals surface area contributed by atoms with Gasteiger partial charge in [0.15, 0.2) is 0 Å². The number of benzene rings is 1. The van der Waals surface area contributed by atoms with Crippen LogP contribution in [0.1, 0.15) is 38.8 Å². The Morgan fingerprint density at radius 1 is 1.17 bits per heavy atom. The van der Waals surface area contributed by atoms with E-state index >= 15 is 0 Å². The molecule has 1 heterocycles. The number of nitrogens with zero attached hydrogens (tertiary/aromatic N) is 2. The highest BCUT2D eigenvalue weighted by atomic mass is 16.2. The minimum atomic E-state index is -0.253. The molecule has 5 nitrogen and oxygen atoms in total. The molecule has 2 rings (SSSR count). The minimum absolute atomic E-state index is 0.0406. The van der Waals surface area contributed by atoms with Gasteiger partial charge in [0.2, 0.25) is 11.8 Å². The van der Waals surface area contributed by atoms with Crippen LogP contribution in [0.4, 0.5) is 0 Å². The topological polar surface area (TPSA) is 52.7 Å². The van der Waals surface area contributed by atoms with Gasteiger partial charge in [-0.15, -0.1) is 0 Å². The third-order valence-electron chi connectivity index (χ3n) is 4.17. The lowest BCUT2D eigenvalue weighted by Gasteiger charge is -2.31. The van der Waals surface area contributed by atoms with E-state index in [1.54, 1.807) is 0 Å². The Kier molecular flexibility index (Phi) is 5.99. The average molecular weight is 331 g/mol. The zero-order valence-electron chi connectivity index (χ0n) is 15.3. The molecule has 2 amide bonds. The first-order chi connectivity index (χ1) is 11.3. The SMILES string of the molecule is CCN(CC(=O)NC(C)(C)C)CC(=O)N1CCc2ccccc2C1. The normalized spacial score (nSPS) is 14.5. The lowest BCUT2D eigenvalue weighted by Crippen LogP contribution is -2.48. The number of carbonyl (C=O) groups excluding carboxylic acids is 2. The molecule has 0 aromatic heterocycles. The van der Waals surface area contributed by atoms with Crippen LogP contribution in [0, 0.1) is 0 Å². The first-order valence-corrected chi connectivity index (χ1v) is 8.66. The summed E-state index contributed by atoms with van der Waals surface area (Å²) in [7, 11) is 0. The van der Waals surface area contributed by atoms with Crippen molar-refractivity contribution in [1.82, 2.24) is 15.1 Å². The van der Waals surface area contributed by atoms with Crippen LogP contribution in [0.25, 0.3) is 0 Å². The molecule has 1 aromatic carbocycles. The number of fused-ring (bicyclic) bond motifs is 1. The highest BCUT2D eigenvalue weighted by Crippen LogP contribution is 2.18. The maximum atomic E-state index is 12.6. The fraction of sp³-hybridized carbons (Fsp3) is 0.579. The zero-order chi connectivity index (χ0) is 17.7. The van der Waals surface area contributed by atoms with Crippen molar-refractivity contribution in [2.45, 2.75) is 46.2 Å². The molecule has 5 heteroatoms. The Morgan fingerprint density at radius 2 is 1.83 bits per heavy atom. The molecule has 0 atom stereocenters. The highest BCUT2D eigenvalue weighted by Gasteiger charge is 2.23. The summed E-state index contributed by atoms with van der Waals surface area (Å²) >= 11 is 0. The fourth-order valence-corrected chi connectivity index (χ4v) is 2.94. The van der Waals surface area contributed by atoms with Crippen LogP contribution in [0.2, 0.25) is 0 Å². The Labute approximate surface area is 145 Å². The van der Waals surface area contributed by atoms with Gasteiger partial charge >= 0.3 is 0 Å². The van der Waals surface area contributed by atoms with E-state index in [-0.39, 0.29) is 30.4 Å². The van der Waals surface area contributed by atoms with E-state index in [9.17, 15) is 9.59 Å². The molecular formula is C19H29N3O2. The number of hydrogen-bond acceptors (Lipinski definition) is 3. The smallest absolute Gasteiger partial charge is 0.237 e. The van der Waals surface area contributed by atoms with Gasteiger partial charge in [-0.3, -0.25) is 14.5 Å². The second-order valence-electron chi connectivity index (χ2n) is 7.44. The highest BCUT2D eigenvalue weighted by molar-refractivity contribution is 5.81. The molecule has 132 valence electrons. The Balaban J connectivity index is 1.89. The molecule has 0 spiro atoms. The van der Waals surface area contributed by atoms with Crippen molar-refractivity contribution in [1.29, 1.82) is 0 Å². The molecule has 0 unspecified atom stereocenters. The lowest BCUT2D eigenvalue weighted by molar-refractivity contribution is -0.134. The molecule has 1 aliphatic rings. The standard InChI is InChI=1S/C19H29N3O2/c1-5-21(13-17(23)20-19(2,3)4)14-18(24)22-11-10-15-8-6-7-9-16(15)12-22/h6-9H,5,10-14H2,1-4H3,(H,20,23). The second kappa shape index (κ2) is 7.79. The lowest BCUT2D eigenvalue weighted by atomic mass is 10.00. The van der Waals surface area contributed by atoms with E-state index in [2.05, 4.69) is 17.4 Å². The molecular weight excluding hydrogens is 302 g/mol. The van der Waals surface area contributed by atoms with E-state index in [0.717, 1.165) is 13.0 Å². The van der Waals surface area contributed by atoms with Crippen LogP contribution in [0.5, 0.6) is 0 Å². The predicted molar refractivity (Wildman–Crippen MR) is 95.6 cm³/mol. The van der Waals surface area contributed by atoms with Gasteiger partial charge in [-0.1, -0.05) is 31.2 Å². The summed E-state index contributed by atoms with van der Waals surface area (Å²) in [5, 5.41) is 2.94. The molecule has 0 bridgehead atoms. The molecule has 1 N–H and O–H groups in total. The van der Waals surface area contributed by atoms with E-state index < -0.39 is 0 Å². The Bertz CT molecular complexity index is 593.